The number of aromatic nitrogens is 1. The van der Waals surface area contributed by atoms with Gasteiger partial charge in [0.05, 0.1) is 0 Å². The number of alkyl carbamates (subject to hydrolysis) is 1. The first-order chi connectivity index (χ1) is 22.8. The molecule has 240 valence electrons. The number of carbonyl (C=O) groups is 4. The fourth-order valence-electron chi connectivity index (χ4n) is 5.22. The maximum Gasteiger partial charge on any atom is 0.414 e. The summed E-state index contributed by atoms with van der Waals surface area (Å²) in [6, 6.07) is 30.1. The van der Waals surface area contributed by atoms with Crippen LogP contribution in [0, 0.1) is 0 Å². The van der Waals surface area contributed by atoms with E-state index in [1.165, 1.54) is 0 Å². The number of carboxylic acids is 2. The van der Waals surface area contributed by atoms with Crippen LogP contribution in [0.4, 0.5) is 9.59 Å². The van der Waals surface area contributed by atoms with Crippen molar-refractivity contribution in [2.24, 2.45) is 0 Å². The van der Waals surface area contributed by atoms with Gasteiger partial charge in [-0.25, -0.2) is 19.2 Å². The fourth-order valence-corrected chi connectivity index (χ4v) is 5.22. The van der Waals surface area contributed by atoms with E-state index in [1.54, 1.807) is 97.2 Å². The minimum absolute atomic E-state index is 0.0704. The van der Waals surface area contributed by atoms with Gasteiger partial charge in [0.2, 0.25) is 6.23 Å². The van der Waals surface area contributed by atoms with Crippen molar-refractivity contribution < 1.29 is 38.9 Å². The van der Waals surface area contributed by atoms with Crippen LogP contribution in [0.2, 0.25) is 0 Å². The zero-order valence-electron chi connectivity index (χ0n) is 25.2. The molecule has 4 aromatic carbocycles. The number of amides is 2. The van der Waals surface area contributed by atoms with Crippen LogP contribution in [-0.4, -0.2) is 56.3 Å². The van der Waals surface area contributed by atoms with Crippen molar-refractivity contribution in [3.05, 3.63) is 144 Å². The molecule has 1 aromatic heterocycles. The molecule has 0 aliphatic rings. The van der Waals surface area contributed by atoms with Crippen molar-refractivity contribution in [3.8, 4) is 0 Å². The normalized spacial score (nSPS) is 12.8. The minimum Gasteiger partial charge on any atom is -0.480 e. The number of carbonyl (C=O) groups excluding carboxylic acids is 2. The molecule has 0 aliphatic carbocycles. The van der Waals surface area contributed by atoms with Gasteiger partial charge in [0.15, 0.2) is 0 Å². The molecular formula is C36H33N3O8. The quantitative estimate of drug-likeness (QED) is 0.116. The molecule has 0 fully saturated rings. The average Bonchev–Trinajstić information content (AvgIpc) is 3.50. The summed E-state index contributed by atoms with van der Waals surface area (Å²) >= 11 is 0. The molecule has 0 spiro atoms. The molecule has 0 saturated heterocycles. The first-order valence-corrected chi connectivity index (χ1v) is 14.9. The first kappa shape index (κ1) is 32.3. The number of fused-ring (bicyclic) bond motifs is 1. The summed E-state index contributed by atoms with van der Waals surface area (Å²) in [7, 11) is 0. The van der Waals surface area contributed by atoms with Gasteiger partial charge < -0.3 is 30.0 Å². The van der Waals surface area contributed by atoms with Crippen LogP contribution in [0.15, 0.2) is 121 Å². The van der Waals surface area contributed by atoms with Gasteiger partial charge in [-0.1, -0.05) is 109 Å². The number of para-hydroxylation sites is 1. The lowest BCUT2D eigenvalue weighted by Crippen LogP contribution is -2.51. The molecule has 3 atom stereocenters. The van der Waals surface area contributed by atoms with Crippen LogP contribution in [0.1, 0.15) is 28.5 Å². The summed E-state index contributed by atoms with van der Waals surface area (Å²) in [5.74, 6) is -2.67. The van der Waals surface area contributed by atoms with Crippen molar-refractivity contribution in [1.29, 1.82) is 0 Å². The lowest BCUT2D eigenvalue weighted by Gasteiger charge is -2.35. The molecule has 47 heavy (non-hydrogen) atoms. The Kier molecular flexibility index (Phi) is 10.5. The number of carboxylic acid groups (broad SMARTS) is 2. The Bertz CT molecular complexity index is 1810. The fraction of sp³-hybridized carbons (Fsp3) is 0.167. The van der Waals surface area contributed by atoms with E-state index in [4.69, 9.17) is 9.47 Å². The van der Waals surface area contributed by atoms with E-state index in [-0.39, 0.29) is 25.0 Å². The highest BCUT2D eigenvalue weighted by atomic mass is 16.6. The van der Waals surface area contributed by atoms with Crippen LogP contribution < -0.4 is 5.32 Å². The first-order valence-electron chi connectivity index (χ1n) is 14.9. The molecular weight excluding hydrogens is 602 g/mol. The molecule has 0 saturated carbocycles. The number of hydrogen-bond acceptors (Lipinski definition) is 6. The van der Waals surface area contributed by atoms with Gasteiger partial charge in [0.1, 0.15) is 18.7 Å². The molecule has 11 nitrogen and oxygen atoms in total. The van der Waals surface area contributed by atoms with Crippen LogP contribution in [-0.2, 0) is 38.5 Å². The van der Waals surface area contributed by atoms with E-state index < -0.39 is 42.4 Å². The number of rotatable bonds is 13. The van der Waals surface area contributed by atoms with Crippen molar-refractivity contribution in [1.82, 2.24) is 15.2 Å². The average molecular weight is 636 g/mol. The molecule has 1 unspecified atom stereocenters. The van der Waals surface area contributed by atoms with Crippen molar-refractivity contribution >= 4 is 35.0 Å². The number of benzene rings is 4. The van der Waals surface area contributed by atoms with Crippen molar-refractivity contribution in [3.63, 3.8) is 0 Å². The molecule has 0 aliphatic heterocycles. The highest BCUT2D eigenvalue weighted by Crippen LogP contribution is 2.28. The predicted molar refractivity (Wildman–Crippen MR) is 172 cm³/mol. The van der Waals surface area contributed by atoms with Crippen LogP contribution in [0.3, 0.4) is 0 Å². The Morgan fingerprint density at radius 2 is 1.32 bits per heavy atom. The number of ether oxygens (including phenoxy) is 2. The standard InChI is InChI=1S/C36H33N3O8/c40-33(41)30(21-27-22-37-29-19-11-10-18-28(27)29)38-35(44)47-32(26-16-8-3-9-17-26)39(36(45)46-23-25-14-6-2-7-15-25)31(34(42)43)20-24-12-4-1-5-13-24/h1-19,22,30-32,37H,20-21,23H2,(H,38,44)(H,40,41)(H,42,43)/t30-,31-,32?/m0/s1. The second-order valence-corrected chi connectivity index (χ2v) is 10.8. The minimum atomic E-state index is -1.60. The molecule has 11 heteroatoms. The Morgan fingerprint density at radius 3 is 1.96 bits per heavy atom. The van der Waals surface area contributed by atoms with Crippen molar-refractivity contribution in [2.45, 2.75) is 37.8 Å². The predicted octanol–water partition coefficient (Wildman–Crippen LogP) is 5.92. The topological polar surface area (TPSA) is 158 Å². The van der Waals surface area contributed by atoms with Gasteiger partial charge in [0, 0.05) is 35.5 Å². The number of hydrogen-bond donors (Lipinski definition) is 4. The van der Waals surface area contributed by atoms with Crippen LogP contribution in [0.25, 0.3) is 10.9 Å². The third-order valence-corrected chi connectivity index (χ3v) is 7.55. The lowest BCUT2D eigenvalue weighted by atomic mass is 10.0. The summed E-state index contributed by atoms with van der Waals surface area (Å²) in [6.07, 6.45) is -2.36. The Hall–Kier alpha value is -6.10. The van der Waals surface area contributed by atoms with E-state index >= 15 is 0 Å². The summed E-state index contributed by atoms with van der Waals surface area (Å²) < 4.78 is 11.4. The van der Waals surface area contributed by atoms with E-state index in [9.17, 15) is 29.4 Å². The third-order valence-electron chi connectivity index (χ3n) is 7.55. The third kappa shape index (κ3) is 8.34. The van der Waals surface area contributed by atoms with Gasteiger partial charge >= 0.3 is 24.1 Å². The van der Waals surface area contributed by atoms with E-state index in [0.717, 1.165) is 15.8 Å². The van der Waals surface area contributed by atoms with Crippen LogP contribution >= 0.6 is 0 Å². The Balaban J connectivity index is 1.46. The number of aromatic amines is 1. The lowest BCUT2D eigenvalue weighted by molar-refractivity contribution is -0.147. The highest BCUT2D eigenvalue weighted by Gasteiger charge is 2.40. The molecule has 4 N–H and O–H groups in total. The summed E-state index contributed by atoms with van der Waals surface area (Å²) in [4.78, 5) is 56.3. The largest absolute Gasteiger partial charge is 0.480 e. The summed E-state index contributed by atoms with van der Waals surface area (Å²) in [5.41, 5.74) is 3.00. The zero-order valence-corrected chi connectivity index (χ0v) is 25.2. The number of aliphatic carboxylic acids is 2. The number of H-pyrrole nitrogens is 1. The molecule has 2 amide bonds. The molecule has 1 heterocycles. The second-order valence-electron chi connectivity index (χ2n) is 10.8. The molecule has 0 radical (unpaired) electrons. The highest BCUT2D eigenvalue weighted by molar-refractivity contribution is 5.86. The van der Waals surface area contributed by atoms with E-state index in [1.807, 2.05) is 24.3 Å². The van der Waals surface area contributed by atoms with Gasteiger partial charge in [0.25, 0.3) is 0 Å². The van der Waals surface area contributed by atoms with Gasteiger partial charge in [-0.2, -0.15) is 0 Å². The van der Waals surface area contributed by atoms with E-state index in [0.29, 0.717) is 16.7 Å². The maximum atomic E-state index is 13.8. The monoisotopic (exact) mass is 635 g/mol. The maximum absolute atomic E-state index is 13.8. The Labute approximate surface area is 270 Å². The SMILES string of the molecule is O=C(N[C@@H](Cc1c[nH]c2ccccc12)C(=O)O)OC(c1ccccc1)N(C(=O)OCc1ccccc1)[C@@H](Cc1ccccc1)C(=O)O. The molecule has 5 rings (SSSR count). The second kappa shape index (κ2) is 15.3. The van der Waals surface area contributed by atoms with Gasteiger partial charge in [-0.3, -0.25) is 4.90 Å². The van der Waals surface area contributed by atoms with Gasteiger partial charge in [-0.05, 0) is 22.8 Å². The van der Waals surface area contributed by atoms with Gasteiger partial charge in [-0.15, -0.1) is 0 Å². The molecule has 0 bridgehead atoms. The Morgan fingerprint density at radius 1 is 0.723 bits per heavy atom. The summed E-state index contributed by atoms with van der Waals surface area (Å²) in [5, 5.41) is 23.6. The smallest absolute Gasteiger partial charge is 0.414 e. The number of nitrogens with one attached hydrogen (secondary N) is 2. The summed E-state index contributed by atoms with van der Waals surface area (Å²) in [6.45, 7) is -0.173. The van der Waals surface area contributed by atoms with Crippen molar-refractivity contribution in [2.75, 3.05) is 0 Å². The molecule has 5 aromatic rings. The van der Waals surface area contributed by atoms with E-state index in [2.05, 4.69) is 10.3 Å². The van der Waals surface area contributed by atoms with Crippen LogP contribution in [0.5, 0.6) is 0 Å². The zero-order chi connectivity index (χ0) is 33.2. The number of nitrogens with zero attached hydrogens (tertiary/aromatic N) is 1.